The summed E-state index contributed by atoms with van der Waals surface area (Å²) < 4.78 is 5.62. The first kappa shape index (κ1) is 14.2. The molecule has 3 heteroatoms. The topological polar surface area (TPSA) is 33.5 Å². The largest absolute Gasteiger partial charge is 0.464 e. The highest BCUT2D eigenvalue weighted by atomic mass is 16.3. The number of nitrogens with zero attached hydrogens (tertiary/aromatic N) is 1. The van der Waals surface area contributed by atoms with Crippen LogP contribution in [0.2, 0.25) is 0 Å². The van der Waals surface area contributed by atoms with Crippen molar-refractivity contribution < 1.29 is 9.21 Å². The van der Waals surface area contributed by atoms with E-state index in [1.54, 1.807) is 6.26 Å². The zero-order valence-corrected chi connectivity index (χ0v) is 13.1. The van der Waals surface area contributed by atoms with Crippen LogP contribution in [0.1, 0.15) is 36.5 Å². The number of benzene rings is 1. The van der Waals surface area contributed by atoms with Crippen LogP contribution in [0.3, 0.4) is 0 Å². The molecule has 1 saturated heterocycles. The summed E-state index contributed by atoms with van der Waals surface area (Å²) in [4.78, 5) is 14.5. The molecule has 1 aromatic carbocycles. The average molecular weight is 285 g/mol. The van der Waals surface area contributed by atoms with Gasteiger partial charge < -0.3 is 9.32 Å². The molecule has 2 heterocycles. The van der Waals surface area contributed by atoms with Crippen molar-refractivity contribution in [3.05, 3.63) is 35.1 Å². The van der Waals surface area contributed by atoms with Gasteiger partial charge in [0.25, 0.3) is 0 Å². The molecule has 0 N–H and O–H groups in total. The van der Waals surface area contributed by atoms with Gasteiger partial charge in [0.1, 0.15) is 5.58 Å². The van der Waals surface area contributed by atoms with E-state index in [1.165, 1.54) is 11.1 Å². The van der Waals surface area contributed by atoms with E-state index in [0.717, 1.165) is 48.4 Å². The maximum absolute atomic E-state index is 12.5. The van der Waals surface area contributed by atoms with Gasteiger partial charge in [0, 0.05) is 24.0 Å². The molecule has 2 aromatic rings. The lowest BCUT2D eigenvalue weighted by Crippen LogP contribution is -2.38. The first-order valence-electron chi connectivity index (χ1n) is 7.79. The van der Waals surface area contributed by atoms with Crippen LogP contribution >= 0.6 is 0 Å². The van der Waals surface area contributed by atoms with Gasteiger partial charge in [0.05, 0.1) is 12.7 Å². The summed E-state index contributed by atoms with van der Waals surface area (Å²) in [5.74, 6) is 0.970. The molecule has 0 radical (unpaired) electrons. The number of furan rings is 1. The van der Waals surface area contributed by atoms with E-state index in [1.807, 2.05) is 4.90 Å². The van der Waals surface area contributed by atoms with Crippen molar-refractivity contribution in [1.82, 2.24) is 4.90 Å². The molecule has 3 nitrogen and oxygen atoms in total. The summed E-state index contributed by atoms with van der Waals surface area (Å²) in [6.07, 6.45) is 4.43. The second-order valence-electron chi connectivity index (χ2n) is 6.43. The number of hydrogen-bond donors (Lipinski definition) is 0. The maximum atomic E-state index is 12.5. The van der Waals surface area contributed by atoms with Crippen LogP contribution in [-0.4, -0.2) is 23.9 Å². The molecule has 1 amide bonds. The Morgan fingerprint density at radius 3 is 2.62 bits per heavy atom. The molecule has 1 fully saturated rings. The predicted molar refractivity (Wildman–Crippen MR) is 84.4 cm³/mol. The van der Waals surface area contributed by atoms with Crippen LogP contribution in [0.25, 0.3) is 11.0 Å². The van der Waals surface area contributed by atoms with Gasteiger partial charge in [-0.25, -0.2) is 0 Å². The number of carbonyl (C=O) groups excluding carboxylic acids is 1. The van der Waals surface area contributed by atoms with Crippen molar-refractivity contribution in [1.29, 1.82) is 0 Å². The van der Waals surface area contributed by atoms with E-state index < -0.39 is 0 Å². The number of hydrogen-bond acceptors (Lipinski definition) is 2. The number of fused-ring (bicyclic) bond motifs is 1. The van der Waals surface area contributed by atoms with E-state index >= 15 is 0 Å². The molecule has 0 spiro atoms. The van der Waals surface area contributed by atoms with E-state index in [4.69, 9.17) is 4.42 Å². The van der Waals surface area contributed by atoms with Gasteiger partial charge >= 0.3 is 0 Å². The molecule has 1 aliphatic heterocycles. The third kappa shape index (κ3) is 2.82. The number of carbonyl (C=O) groups is 1. The normalized spacial score (nSPS) is 16.6. The summed E-state index contributed by atoms with van der Waals surface area (Å²) in [5, 5.41) is 1.08. The van der Waals surface area contributed by atoms with Crippen molar-refractivity contribution >= 4 is 16.9 Å². The molecular formula is C18H23NO2. The second-order valence-corrected chi connectivity index (χ2v) is 6.43. The Balaban J connectivity index is 1.78. The SMILES string of the molecule is Cc1cc2occ(CC(=O)N3CCC(C)CC3)c2cc1C. The fourth-order valence-electron chi connectivity index (χ4n) is 3.01. The molecule has 0 unspecified atom stereocenters. The maximum Gasteiger partial charge on any atom is 0.227 e. The molecule has 0 bridgehead atoms. The molecule has 3 rings (SSSR count). The Kier molecular flexibility index (Phi) is 3.75. The predicted octanol–water partition coefficient (Wildman–Crippen LogP) is 3.85. The van der Waals surface area contributed by atoms with Crippen LogP contribution in [0, 0.1) is 19.8 Å². The Bertz CT molecular complexity index is 663. The van der Waals surface area contributed by atoms with Crippen molar-refractivity contribution in [2.24, 2.45) is 5.92 Å². The Morgan fingerprint density at radius 1 is 1.24 bits per heavy atom. The molecular weight excluding hydrogens is 262 g/mol. The quantitative estimate of drug-likeness (QED) is 0.839. The van der Waals surface area contributed by atoms with E-state index in [9.17, 15) is 4.79 Å². The number of aryl methyl sites for hydroxylation is 2. The Labute approximate surface area is 125 Å². The van der Waals surface area contributed by atoms with Gasteiger partial charge in [0.15, 0.2) is 0 Å². The fraction of sp³-hybridized carbons (Fsp3) is 0.500. The molecule has 0 atom stereocenters. The lowest BCUT2D eigenvalue weighted by Gasteiger charge is -2.30. The minimum Gasteiger partial charge on any atom is -0.464 e. The van der Waals surface area contributed by atoms with Crippen LogP contribution < -0.4 is 0 Å². The monoisotopic (exact) mass is 285 g/mol. The lowest BCUT2D eigenvalue weighted by atomic mass is 9.98. The summed E-state index contributed by atoms with van der Waals surface area (Å²) >= 11 is 0. The number of piperidine rings is 1. The van der Waals surface area contributed by atoms with E-state index in [-0.39, 0.29) is 5.91 Å². The number of amides is 1. The second kappa shape index (κ2) is 5.55. The summed E-state index contributed by atoms with van der Waals surface area (Å²) in [7, 11) is 0. The van der Waals surface area contributed by atoms with Gasteiger partial charge in [-0.1, -0.05) is 6.92 Å². The summed E-state index contributed by atoms with van der Waals surface area (Å²) in [6.45, 7) is 8.23. The van der Waals surface area contributed by atoms with Gasteiger partial charge in [-0.3, -0.25) is 4.79 Å². The van der Waals surface area contributed by atoms with Crippen LogP contribution in [0.5, 0.6) is 0 Å². The lowest BCUT2D eigenvalue weighted by molar-refractivity contribution is -0.131. The minimum atomic E-state index is 0.225. The third-order valence-corrected chi connectivity index (χ3v) is 4.75. The smallest absolute Gasteiger partial charge is 0.227 e. The Hall–Kier alpha value is -1.77. The fourth-order valence-corrected chi connectivity index (χ4v) is 3.01. The van der Waals surface area contributed by atoms with E-state index in [0.29, 0.717) is 6.42 Å². The zero-order chi connectivity index (χ0) is 15.0. The first-order valence-corrected chi connectivity index (χ1v) is 7.79. The average Bonchev–Trinajstić information content (AvgIpc) is 2.82. The molecule has 112 valence electrons. The first-order chi connectivity index (χ1) is 10.0. The highest BCUT2D eigenvalue weighted by molar-refractivity contribution is 5.88. The number of rotatable bonds is 2. The standard InChI is InChI=1S/C18H23NO2/c1-12-4-6-19(7-5-12)18(20)10-15-11-21-17-9-14(3)13(2)8-16(15)17/h8-9,11-12H,4-7,10H2,1-3H3. The van der Waals surface area contributed by atoms with Crippen LogP contribution in [-0.2, 0) is 11.2 Å². The van der Waals surface area contributed by atoms with Gasteiger partial charge in [0.2, 0.25) is 5.91 Å². The third-order valence-electron chi connectivity index (χ3n) is 4.75. The van der Waals surface area contributed by atoms with Gasteiger partial charge in [-0.05, 0) is 55.9 Å². The van der Waals surface area contributed by atoms with Crippen molar-refractivity contribution in [3.63, 3.8) is 0 Å². The molecule has 1 aliphatic rings. The van der Waals surface area contributed by atoms with Gasteiger partial charge in [-0.2, -0.15) is 0 Å². The van der Waals surface area contributed by atoms with E-state index in [2.05, 4.69) is 32.9 Å². The van der Waals surface area contributed by atoms with Crippen LogP contribution in [0.15, 0.2) is 22.8 Å². The van der Waals surface area contributed by atoms with Crippen molar-refractivity contribution in [2.75, 3.05) is 13.1 Å². The molecule has 1 aromatic heterocycles. The summed E-state index contributed by atoms with van der Waals surface area (Å²) in [5.41, 5.74) is 4.36. The molecule has 21 heavy (non-hydrogen) atoms. The summed E-state index contributed by atoms with van der Waals surface area (Å²) in [6, 6.07) is 4.19. The minimum absolute atomic E-state index is 0.225. The van der Waals surface area contributed by atoms with Gasteiger partial charge in [-0.15, -0.1) is 0 Å². The Morgan fingerprint density at radius 2 is 1.90 bits per heavy atom. The molecule has 0 saturated carbocycles. The van der Waals surface area contributed by atoms with Crippen LogP contribution in [0.4, 0.5) is 0 Å². The highest BCUT2D eigenvalue weighted by Crippen LogP contribution is 2.26. The van der Waals surface area contributed by atoms with Crippen molar-refractivity contribution in [2.45, 2.75) is 40.0 Å². The number of likely N-dealkylation sites (tertiary alicyclic amines) is 1. The van der Waals surface area contributed by atoms with Crippen molar-refractivity contribution in [3.8, 4) is 0 Å². The highest BCUT2D eigenvalue weighted by Gasteiger charge is 2.21. The molecule has 0 aliphatic carbocycles. The zero-order valence-electron chi connectivity index (χ0n) is 13.1.